The van der Waals surface area contributed by atoms with E-state index in [0.29, 0.717) is 12.0 Å². The van der Waals surface area contributed by atoms with Crippen molar-refractivity contribution in [2.24, 2.45) is 5.92 Å². The zero-order valence-corrected chi connectivity index (χ0v) is 12.6. The number of ether oxygens (including phenoxy) is 1. The Bertz CT molecular complexity index is 340. The lowest BCUT2D eigenvalue weighted by atomic mass is 9.97. The molecule has 1 rings (SSSR count). The summed E-state index contributed by atoms with van der Waals surface area (Å²) in [5.74, 6) is 0.519. The third-order valence-electron chi connectivity index (χ3n) is 2.98. The molecule has 0 aliphatic carbocycles. The van der Waals surface area contributed by atoms with Gasteiger partial charge in [0.05, 0.1) is 5.02 Å². The van der Waals surface area contributed by atoms with E-state index in [0.717, 1.165) is 24.6 Å². The van der Waals surface area contributed by atoms with Gasteiger partial charge in [0, 0.05) is 24.6 Å². The van der Waals surface area contributed by atoms with E-state index >= 15 is 0 Å². The van der Waals surface area contributed by atoms with Crippen LogP contribution in [0.25, 0.3) is 0 Å². The molecule has 1 aromatic heterocycles. The number of nitrogens with one attached hydrogen (secondary N) is 1. The van der Waals surface area contributed by atoms with E-state index < -0.39 is 0 Å². The highest BCUT2D eigenvalue weighted by Gasteiger charge is 2.22. The zero-order valence-electron chi connectivity index (χ0n) is 11.0. The monoisotopic (exact) mass is 275 g/mol. The molecule has 98 valence electrons. The molecular formula is C13H22ClNOS. The lowest BCUT2D eigenvalue weighted by molar-refractivity contribution is 0.171. The van der Waals surface area contributed by atoms with Crippen molar-refractivity contribution >= 4 is 22.9 Å². The van der Waals surface area contributed by atoms with Gasteiger partial charge in [0.1, 0.15) is 0 Å². The van der Waals surface area contributed by atoms with Crippen LogP contribution in [0.3, 0.4) is 0 Å². The van der Waals surface area contributed by atoms with Crippen molar-refractivity contribution in [3.8, 4) is 0 Å². The Morgan fingerprint density at radius 2 is 2.24 bits per heavy atom. The summed E-state index contributed by atoms with van der Waals surface area (Å²) in [6.45, 7) is 8.19. The first-order valence-electron chi connectivity index (χ1n) is 6.07. The molecule has 0 saturated heterocycles. The number of methoxy groups -OCH3 is 1. The summed E-state index contributed by atoms with van der Waals surface area (Å²) in [5, 5.41) is 6.58. The molecule has 0 radical (unpaired) electrons. The standard InChI is InChI=1S/C13H22ClNOS/c1-5-15-12(9(2)6-7-16-4)13-11(14)10(3)8-17-13/h8-9,12,15H,5-7H2,1-4H3. The van der Waals surface area contributed by atoms with Gasteiger partial charge in [0.15, 0.2) is 0 Å². The summed E-state index contributed by atoms with van der Waals surface area (Å²) < 4.78 is 5.15. The Morgan fingerprint density at radius 3 is 2.71 bits per heavy atom. The number of hydrogen-bond acceptors (Lipinski definition) is 3. The van der Waals surface area contributed by atoms with Crippen LogP contribution < -0.4 is 5.32 Å². The maximum absolute atomic E-state index is 6.36. The SMILES string of the molecule is CCNC(c1scc(C)c1Cl)C(C)CCOC. The first-order chi connectivity index (χ1) is 8.11. The molecule has 0 amide bonds. The Kier molecular flexibility index (Phi) is 6.49. The van der Waals surface area contributed by atoms with E-state index in [1.807, 2.05) is 0 Å². The number of halogens is 1. The van der Waals surface area contributed by atoms with E-state index in [9.17, 15) is 0 Å². The van der Waals surface area contributed by atoms with Crippen LogP contribution in [0.15, 0.2) is 5.38 Å². The summed E-state index contributed by atoms with van der Waals surface area (Å²) in [6.07, 6.45) is 1.04. The number of aryl methyl sites for hydroxylation is 1. The highest BCUT2D eigenvalue weighted by Crippen LogP contribution is 2.36. The van der Waals surface area contributed by atoms with Crippen LogP contribution in [-0.4, -0.2) is 20.3 Å². The lowest BCUT2D eigenvalue weighted by Gasteiger charge is -2.24. The molecule has 2 unspecified atom stereocenters. The molecule has 1 N–H and O–H groups in total. The summed E-state index contributed by atoms with van der Waals surface area (Å²) >= 11 is 8.11. The predicted molar refractivity (Wildman–Crippen MR) is 76.1 cm³/mol. The Hall–Kier alpha value is -0.0900. The largest absolute Gasteiger partial charge is 0.385 e. The van der Waals surface area contributed by atoms with Gasteiger partial charge in [-0.1, -0.05) is 25.4 Å². The summed E-state index contributed by atoms with van der Waals surface area (Å²) in [4.78, 5) is 1.26. The molecule has 0 aliphatic rings. The van der Waals surface area contributed by atoms with Crippen molar-refractivity contribution in [2.45, 2.75) is 33.2 Å². The van der Waals surface area contributed by atoms with Gasteiger partial charge in [-0.15, -0.1) is 11.3 Å². The smallest absolute Gasteiger partial charge is 0.0590 e. The highest BCUT2D eigenvalue weighted by molar-refractivity contribution is 7.10. The molecular weight excluding hydrogens is 254 g/mol. The molecule has 0 fully saturated rings. The molecule has 1 heterocycles. The van der Waals surface area contributed by atoms with E-state index in [2.05, 4.69) is 31.5 Å². The summed E-state index contributed by atoms with van der Waals surface area (Å²) in [6, 6.07) is 0.335. The van der Waals surface area contributed by atoms with Gasteiger partial charge in [-0.3, -0.25) is 0 Å². The Balaban J connectivity index is 2.81. The molecule has 0 spiro atoms. The van der Waals surface area contributed by atoms with Crippen molar-refractivity contribution in [2.75, 3.05) is 20.3 Å². The van der Waals surface area contributed by atoms with E-state index in [-0.39, 0.29) is 0 Å². The minimum Gasteiger partial charge on any atom is -0.385 e. The second kappa shape index (κ2) is 7.37. The van der Waals surface area contributed by atoms with Crippen molar-refractivity contribution in [1.82, 2.24) is 5.32 Å². The van der Waals surface area contributed by atoms with Gasteiger partial charge in [-0.2, -0.15) is 0 Å². The van der Waals surface area contributed by atoms with Crippen molar-refractivity contribution in [3.05, 3.63) is 20.8 Å². The Labute approximate surface area is 113 Å². The first-order valence-corrected chi connectivity index (χ1v) is 7.33. The minimum atomic E-state index is 0.335. The van der Waals surface area contributed by atoms with E-state index in [4.69, 9.17) is 16.3 Å². The minimum absolute atomic E-state index is 0.335. The van der Waals surface area contributed by atoms with Crippen LogP contribution in [0, 0.1) is 12.8 Å². The number of rotatable bonds is 7. The van der Waals surface area contributed by atoms with Crippen molar-refractivity contribution in [3.63, 3.8) is 0 Å². The van der Waals surface area contributed by atoms with Crippen LogP contribution in [0.1, 0.15) is 36.8 Å². The van der Waals surface area contributed by atoms with Gasteiger partial charge >= 0.3 is 0 Å². The maximum Gasteiger partial charge on any atom is 0.0590 e. The van der Waals surface area contributed by atoms with Crippen LogP contribution in [0.2, 0.25) is 5.02 Å². The topological polar surface area (TPSA) is 21.3 Å². The van der Waals surface area contributed by atoms with Gasteiger partial charge in [-0.05, 0) is 36.8 Å². The number of thiophene rings is 1. The number of hydrogen-bond donors (Lipinski definition) is 1. The average molecular weight is 276 g/mol. The molecule has 4 heteroatoms. The third-order valence-corrected chi connectivity index (χ3v) is 4.78. The van der Waals surface area contributed by atoms with Crippen molar-refractivity contribution < 1.29 is 4.74 Å². The van der Waals surface area contributed by atoms with Crippen LogP contribution in [0.5, 0.6) is 0 Å². The van der Waals surface area contributed by atoms with Gasteiger partial charge in [0.2, 0.25) is 0 Å². The van der Waals surface area contributed by atoms with Crippen LogP contribution in [0.4, 0.5) is 0 Å². The quantitative estimate of drug-likeness (QED) is 0.811. The van der Waals surface area contributed by atoms with E-state index in [1.165, 1.54) is 10.4 Å². The fourth-order valence-corrected chi connectivity index (χ4v) is 3.42. The second-order valence-corrected chi connectivity index (χ2v) is 5.68. The highest BCUT2D eigenvalue weighted by atomic mass is 35.5. The fraction of sp³-hybridized carbons (Fsp3) is 0.692. The lowest BCUT2D eigenvalue weighted by Crippen LogP contribution is -2.27. The van der Waals surface area contributed by atoms with Gasteiger partial charge in [-0.25, -0.2) is 0 Å². The molecule has 1 aromatic rings. The second-order valence-electron chi connectivity index (χ2n) is 4.39. The molecule has 17 heavy (non-hydrogen) atoms. The molecule has 0 saturated carbocycles. The fourth-order valence-electron chi connectivity index (χ4n) is 1.90. The van der Waals surface area contributed by atoms with Crippen molar-refractivity contribution in [1.29, 1.82) is 0 Å². The van der Waals surface area contributed by atoms with Crippen LogP contribution >= 0.6 is 22.9 Å². The average Bonchev–Trinajstić information content (AvgIpc) is 2.64. The van der Waals surface area contributed by atoms with Gasteiger partial charge in [0.25, 0.3) is 0 Å². The summed E-state index contributed by atoms with van der Waals surface area (Å²) in [7, 11) is 1.75. The molecule has 0 aliphatic heterocycles. The summed E-state index contributed by atoms with van der Waals surface area (Å²) in [5.41, 5.74) is 1.17. The Morgan fingerprint density at radius 1 is 1.53 bits per heavy atom. The zero-order chi connectivity index (χ0) is 12.8. The normalized spacial score (nSPS) is 14.9. The molecule has 2 nitrogen and oxygen atoms in total. The molecule has 0 aromatic carbocycles. The van der Waals surface area contributed by atoms with Crippen LogP contribution in [-0.2, 0) is 4.74 Å². The predicted octanol–water partition coefficient (Wildman–Crippen LogP) is 4.03. The maximum atomic E-state index is 6.36. The molecule has 2 atom stereocenters. The molecule has 0 bridgehead atoms. The first kappa shape index (κ1) is 15.0. The van der Waals surface area contributed by atoms with E-state index in [1.54, 1.807) is 18.4 Å². The van der Waals surface area contributed by atoms with Gasteiger partial charge < -0.3 is 10.1 Å². The third kappa shape index (κ3) is 3.95.